The van der Waals surface area contributed by atoms with Crippen molar-refractivity contribution in [2.45, 2.75) is 0 Å². The molecule has 26 rings (SSSR count). The van der Waals surface area contributed by atoms with Crippen molar-refractivity contribution in [2.75, 3.05) is 0 Å². The van der Waals surface area contributed by atoms with Crippen LogP contribution in [0.3, 0.4) is 0 Å². The first kappa shape index (κ1) is 71.7. The van der Waals surface area contributed by atoms with E-state index in [1.165, 1.54) is 97.7 Å². The van der Waals surface area contributed by atoms with E-state index in [1.54, 1.807) is 0 Å². The molecular weight excluding hydrogens is 1540 g/mol. The first-order valence-corrected chi connectivity index (χ1v) is 42.6. The largest absolute Gasteiger partial charge is 0.309 e. The van der Waals surface area contributed by atoms with Crippen LogP contribution in [0.15, 0.2) is 437 Å². The monoisotopic (exact) mass is 1610 g/mol. The Morgan fingerprint density at radius 1 is 0.135 bits per heavy atom. The molecule has 8 aromatic heterocycles. The average molecular weight is 1610 g/mol. The van der Waals surface area contributed by atoms with E-state index in [2.05, 4.69) is 343 Å². The standard InChI is InChI=1S/2C57H36N6/c1-4-17-37(18-5-1)55-58-56(38-19-6-2-7-20-38)60-57(59-55)39-31-33-41(34-32-39)62-47-26-13-10-23-42(47)45-36-53-46(35-52(45)62)43-24-11-14-27-48(43)63(53)51-30-16-29-50-54(51)44-25-12-15-28-49(44)61(50)40-21-8-3-9-22-40;1-4-17-37(18-5-1)55-58-56(38-19-6-2-7-20-38)60-57(59-55)39-31-33-41(34-32-39)62-47-26-13-10-23-42(47)44-35-36-45-43-24-11-14-27-48(43)63(54(45)53(44)62)51-30-16-29-50-52(51)46-25-12-15-28-49(46)61(50)40-21-8-3-9-22-40/h2*1-36H. The van der Waals surface area contributed by atoms with Crippen molar-refractivity contribution in [2.24, 2.45) is 0 Å². The first-order valence-electron chi connectivity index (χ1n) is 42.6. The second-order valence-electron chi connectivity index (χ2n) is 32.0. The lowest BCUT2D eigenvalue weighted by atomic mass is 10.1. The smallest absolute Gasteiger partial charge is 0.164 e. The van der Waals surface area contributed by atoms with Gasteiger partial charge in [0.25, 0.3) is 0 Å². The summed E-state index contributed by atoms with van der Waals surface area (Å²) in [7, 11) is 0. The van der Waals surface area contributed by atoms with Gasteiger partial charge in [0.1, 0.15) is 0 Å². The molecule has 0 atom stereocenters. The topological polar surface area (TPSA) is 107 Å². The summed E-state index contributed by atoms with van der Waals surface area (Å²) in [5.41, 5.74) is 26.3. The Labute approximate surface area is 722 Å². The van der Waals surface area contributed by atoms with Gasteiger partial charge in [-0.25, -0.2) is 29.9 Å². The van der Waals surface area contributed by atoms with Crippen molar-refractivity contribution >= 4 is 131 Å². The molecule has 26 aromatic rings. The van der Waals surface area contributed by atoms with Crippen LogP contribution < -0.4 is 0 Å². The molecule has 0 radical (unpaired) electrons. The maximum atomic E-state index is 5.04. The van der Waals surface area contributed by atoms with Crippen LogP contribution >= 0.6 is 0 Å². The van der Waals surface area contributed by atoms with Crippen molar-refractivity contribution in [3.8, 4) is 102 Å². The van der Waals surface area contributed by atoms with Crippen molar-refractivity contribution in [1.29, 1.82) is 0 Å². The summed E-state index contributed by atoms with van der Waals surface area (Å²) >= 11 is 0. The Hall–Kier alpha value is -17.2. The predicted octanol–water partition coefficient (Wildman–Crippen LogP) is 28.3. The highest BCUT2D eigenvalue weighted by Gasteiger charge is 2.28. The van der Waals surface area contributed by atoms with Crippen molar-refractivity contribution < 1.29 is 0 Å². The normalized spacial score (nSPS) is 11.8. The SMILES string of the molecule is c1ccc(-c2nc(-c3ccccc3)nc(-c3ccc(-n4c5ccccc5c5cc6c(cc54)c4ccccc4n6-c4cccc5c4c4ccccc4n5-c4ccccc4)cc3)n2)cc1.c1ccc(-c2nc(-c3ccccc3)nc(-c3ccc(-n4c5ccccc5c5ccc6c7ccccc7n(-c7cccc8c7c7ccccc7n8-c7ccccc7)c6c54)cc3)n2)cc1. The molecular formula is C114H72N12. The fraction of sp³-hybridized carbons (Fsp3) is 0. The summed E-state index contributed by atoms with van der Waals surface area (Å²) in [6.07, 6.45) is 0. The zero-order valence-electron chi connectivity index (χ0n) is 67.9. The zero-order valence-corrected chi connectivity index (χ0v) is 67.9. The molecule has 126 heavy (non-hydrogen) atoms. The van der Waals surface area contributed by atoms with Gasteiger partial charge in [-0.2, -0.15) is 0 Å². The second-order valence-corrected chi connectivity index (χ2v) is 32.0. The van der Waals surface area contributed by atoms with Gasteiger partial charge in [0, 0.05) is 121 Å². The van der Waals surface area contributed by atoms with E-state index < -0.39 is 0 Å². The molecule has 12 nitrogen and oxygen atoms in total. The van der Waals surface area contributed by atoms with Crippen LogP contribution in [-0.2, 0) is 0 Å². The van der Waals surface area contributed by atoms with Crippen LogP contribution in [0.4, 0.5) is 0 Å². The Kier molecular flexibility index (Phi) is 16.7. The number of benzene rings is 18. The molecule has 0 spiro atoms. The predicted molar refractivity (Wildman–Crippen MR) is 518 cm³/mol. The molecule has 18 aromatic carbocycles. The third kappa shape index (κ3) is 11.5. The van der Waals surface area contributed by atoms with Gasteiger partial charge in [-0.05, 0) is 146 Å². The maximum Gasteiger partial charge on any atom is 0.164 e. The second kappa shape index (κ2) is 29.3. The number of fused-ring (bicyclic) bond motifs is 19. The third-order valence-corrected chi connectivity index (χ3v) is 25.0. The minimum absolute atomic E-state index is 0.627. The summed E-state index contributed by atoms with van der Waals surface area (Å²) in [4.78, 5) is 29.9. The van der Waals surface area contributed by atoms with E-state index >= 15 is 0 Å². The number of aromatic nitrogens is 12. The average Bonchev–Trinajstić information content (AvgIpc) is 1.54. The molecule has 0 N–H and O–H groups in total. The highest BCUT2D eigenvalue weighted by atomic mass is 15.1. The molecule has 0 aliphatic heterocycles. The lowest BCUT2D eigenvalue weighted by Gasteiger charge is -2.14. The van der Waals surface area contributed by atoms with E-state index in [9.17, 15) is 0 Å². The van der Waals surface area contributed by atoms with E-state index in [0.717, 1.165) is 101 Å². The Balaban J connectivity index is 0.000000137. The van der Waals surface area contributed by atoms with Gasteiger partial charge >= 0.3 is 0 Å². The molecule has 0 fully saturated rings. The molecule has 0 amide bonds. The van der Waals surface area contributed by atoms with E-state index in [0.29, 0.717) is 34.9 Å². The summed E-state index contributed by atoms with van der Waals surface area (Å²) in [6.45, 7) is 0. The Bertz CT molecular complexity index is 8660. The van der Waals surface area contributed by atoms with Gasteiger partial charge in [0.2, 0.25) is 0 Å². The van der Waals surface area contributed by atoms with Gasteiger partial charge < -0.3 is 27.4 Å². The van der Waals surface area contributed by atoms with Crippen molar-refractivity contribution in [3.63, 3.8) is 0 Å². The summed E-state index contributed by atoms with van der Waals surface area (Å²) in [5.74, 6) is 3.83. The molecule has 0 saturated carbocycles. The van der Waals surface area contributed by atoms with Gasteiger partial charge in [-0.1, -0.05) is 291 Å². The zero-order chi connectivity index (χ0) is 82.9. The minimum Gasteiger partial charge on any atom is -0.309 e. The van der Waals surface area contributed by atoms with Crippen LogP contribution in [0, 0.1) is 0 Å². The number of para-hydroxylation sites is 8. The molecule has 0 aliphatic carbocycles. The highest BCUT2D eigenvalue weighted by molar-refractivity contribution is 6.26. The molecule has 0 saturated heterocycles. The number of rotatable bonds is 12. The van der Waals surface area contributed by atoms with Crippen molar-refractivity contribution in [1.82, 2.24) is 57.3 Å². The van der Waals surface area contributed by atoms with Gasteiger partial charge in [0.15, 0.2) is 34.9 Å². The summed E-state index contributed by atoms with van der Waals surface area (Å²) in [5, 5.41) is 14.5. The minimum atomic E-state index is 0.627. The number of hydrogen-bond acceptors (Lipinski definition) is 6. The Morgan fingerprint density at radius 3 is 0.746 bits per heavy atom. The van der Waals surface area contributed by atoms with Crippen LogP contribution in [0.1, 0.15) is 0 Å². The summed E-state index contributed by atoms with van der Waals surface area (Å²) < 4.78 is 14.6. The van der Waals surface area contributed by atoms with Crippen LogP contribution in [0.25, 0.3) is 233 Å². The quantitative estimate of drug-likeness (QED) is 0.121. The van der Waals surface area contributed by atoms with E-state index in [4.69, 9.17) is 29.9 Å². The first-order chi connectivity index (χ1) is 62.5. The molecule has 588 valence electrons. The molecule has 0 aliphatic rings. The lowest BCUT2D eigenvalue weighted by molar-refractivity contribution is 1.07. The number of nitrogens with zero attached hydrogens (tertiary/aromatic N) is 12. The van der Waals surface area contributed by atoms with Gasteiger partial charge in [-0.3, -0.25) is 0 Å². The molecule has 0 unspecified atom stereocenters. The third-order valence-electron chi connectivity index (χ3n) is 25.0. The fourth-order valence-electron chi connectivity index (χ4n) is 19.5. The van der Waals surface area contributed by atoms with Crippen LogP contribution in [0.2, 0.25) is 0 Å². The maximum absolute atomic E-state index is 5.04. The molecule has 12 heteroatoms. The van der Waals surface area contributed by atoms with Gasteiger partial charge in [0.05, 0.1) is 77.6 Å². The van der Waals surface area contributed by atoms with Crippen LogP contribution in [0.5, 0.6) is 0 Å². The molecule has 8 heterocycles. The Morgan fingerprint density at radius 2 is 0.373 bits per heavy atom. The fourth-order valence-corrected chi connectivity index (χ4v) is 19.5. The van der Waals surface area contributed by atoms with E-state index in [-0.39, 0.29) is 0 Å². The van der Waals surface area contributed by atoms with Gasteiger partial charge in [-0.15, -0.1) is 0 Å². The highest BCUT2D eigenvalue weighted by Crippen LogP contribution is 2.48. The molecule has 0 bridgehead atoms. The van der Waals surface area contributed by atoms with Crippen molar-refractivity contribution in [3.05, 3.63) is 437 Å². The van der Waals surface area contributed by atoms with E-state index in [1.807, 2.05) is 121 Å². The number of hydrogen-bond donors (Lipinski definition) is 0. The summed E-state index contributed by atoms with van der Waals surface area (Å²) in [6, 6.07) is 155. The lowest BCUT2D eigenvalue weighted by Crippen LogP contribution is -2.01. The van der Waals surface area contributed by atoms with Crippen LogP contribution in [-0.4, -0.2) is 57.3 Å².